The van der Waals surface area contributed by atoms with Crippen LogP contribution in [0.3, 0.4) is 0 Å². The fourth-order valence-electron chi connectivity index (χ4n) is 3.56. The van der Waals surface area contributed by atoms with E-state index in [1.165, 1.54) is 28.6 Å². The monoisotopic (exact) mass is 500 g/mol. The van der Waals surface area contributed by atoms with Gasteiger partial charge in [-0.25, -0.2) is 8.42 Å². The summed E-state index contributed by atoms with van der Waals surface area (Å²) >= 11 is 5.92. The summed E-state index contributed by atoms with van der Waals surface area (Å²) in [5, 5.41) is 3.27. The lowest BCUT2D eigenvalue weighted by molar-refractivity contribution is -0.127. The van der Waals surface area contributed by atoms with Gasteiger partial charge < -0.3 is 14.8 Å². The van der Waals surface area contributed by atoms with Crippen molar-refractivity contribution in [2.45, 2.75) is 37.5 Å². The molecule has 3 aromatic carbocycles. The van der Waals surface area contributed by atoms with E-state index in [9.17, 15) is 13.2 Å². The summed E-state index contributed by atoms with van der Waals surface area (Å²) in [6.45, 7) is 4.01. The summed E-state index contributed by atoms with van der Waals surface area (Å²) in [5.41, 5.74) is 1.26. The minimum absolute atomic E-state index is 0.0731. The van der Waals surface area contributed by atoms with Crippen LogP contribution in [0.5, 0.6) is 11.5 Å². The molecule has 0 aromatic heterocycles. The quantitative estimate of drug-likeness (QED) is 0.519. The van der Waals surface area contributed by atoms with Gasteiger partial charge in [0.25, 0.3) is 15.9 Å². The van der Waals surface area contributed by atoms with Crippen LogP contribution < -0.4 is 19.1 Å². The van der Waals surface area contributed by atoms with Crippen molar-refractivity contribution < 1.29 is 22.7 Å². The number of carbonyl (C=O) groups is 1. The molecule has 3 aromatic rings. The van der Waals surface area contributed by atoms with Crippen molar-refractivity contribution in [3.05, 3.63) is 83.4 Å². The van der Waals surface area contributed by atoms with Gasteiger partial charge in [0.2, 0.25) is 0 Å². The second-order valence-electron chi connectivity index (χ2n) is 8.09. The number of amides is 1. The summed E-state index contributed by atoms with van der Waals surface area (Å²) in [7, 11) is -3.94. The molecule has 1 amide bonds. The summed E-state index contributed by atoms with van der Waals surface area (Å²) in [6.07, 6.45) is -0.940. The highest BCUT2D eigenvalue weighted by Gasteiger charge is 2.37. The van der Waals surface area contributed by atoms with E-state index >= 15 is 0 Å². The molecular weight excluding hydrogens is 476 g/mol. The van der Waals surface area contributed by atoms with E-state index < -0.39 is 22.0 Å². The molecule has 0 spiro atoms. The Hall–Kier alpha value is -3.23. The highest BCUT2D eigenvalue weighted by Crippen LogP contribution is 2.37. The van der Waals surface area contributed by atoms with E-state index in [1.54, 1.807) is 24.3 Å². The van der Waals surface area contributed by atoms with E-state index in [0.29, 0.717) is 16.5 Å². The second-order valence-corrected chi connectivity index (χ2v) is 10.4. The molecule has 0 saturated carbocycles. The Morgan fingerprint density at radius 2 is 1.76 bits per heavy atom. The molecule has 1 aliphatic heterocycles. The van der Waals surface area contributed by atoms with Gasteiger partial charge in [-0.1, -0.05) is 35.9 Å². The molecule has 178 valence electrons. The van der Waals surface area contributed by atoms with Gasteiger partial charge in [0, 0.05) is 11.6 Å². The molecule has 9 heteroatoms. The molecule has 0 bridgehead atoms. The number of carbonyl (C=O) groups excluding carboxylic acids is 1. The Kier molecular flexibility index (Phi) is 7.00. The standard InChI is InChI=1S/C25H25ClN2O5S/c1-17(2)32-20-11-7-18(8-12-20)15-27-25(29)24-16-28(22-5-3-4-6-23(22)33-24)34(30,31)21-13-9-19(26)10-14-21/h3-14,17,24H,15-16H2,1-2H3,(H,27,29). The van der Waals surface area contributed by atoms with Crippen molar-refractivity contribution in [1.82, 2.24) is 5.32 Å². The number of nitrogens with one attached hydrogen (secondary N) is 1. The van der Waals surface area contributed by atoms with Crippen LogP contribution in [-0.4, -0.2) is 33.1 Å². The Labute approximate surface area is 204 Å². The number of hydrogen-bond acceptors (Lipinski definition) is 5. The molecule has 1 atom stereocenters. The van der Waals surface area contributed by atoms with E-state index in [1.807, 2.05) is 38.1 Å². The Morgan fingerprint density at radius 1 is 1.09 bits per heavy atom. The summed E-state index contributed by atoms with van der Waals surface area (Å²) in [5.74, 6) is 0.662. The van der Waals surface area contributed by atoms with Gasteiger partial charge in [-0.05, 0) is 67.9 Å². The van der Waals surface area contributed by atoms with Crippen LogP contribution in [0.1, 0.15) is 19.4 Å². The number of hydrogen-bond donors (Lipinski definition) is 1. The number of sulfonamides is 1. The Balaban J connectivity index is 1.51. The molecule has 1 heterocycles. The van der Waals surface area contributed by atoms with Gasteiger partial charge in [-0.3, -0.25) is 9.10 Å². The van der Waals surface area contributed by atoms with Crippen LogP contribution in [0.2, 0.25) is 5.02 Å². The lowest BCUT2D eigenvalue weighted by Gasteiger charge is -2.34. The molecule has 34 heavy (non-hydrogen) atoms. The maximum absolute atomic E-state index is 13.4. The Morgan fingerprint density at radius 3 is 2.44 bits per heavy atom. The Bertz CT molecular complexity index is 1260. The number of fused-ring (bicyclic) bond motifs is 1. The average molecular weight is 501 g/mol. The number of benzene rings is 3. The van der Waals surface area contributed by atoms with Crippen LogP contribution in [0.15, 0.2) is 77.7 Å². The number of rotatable bonds is 7. The van der Waals surface area contributed by atoms with Crippen molar-refractivity contribution in [1.29, 1.82) is 0 Å². The van der Waals surface area contributed by atoms with Crippen LogP contribution >= 0.6 is 11.6 Å². The first-order valence-electron chi connectivity index (χ1n) is 10.8. The topological polar surface area (TPSA) is 84.9 Å². The molecule has 1 aliphatic rings. The van der Waals surface area contributed by atoms with Gasteiger partial charge in [0.05, 0.1) is 23.2 Å². The summed E-state index contributed by atoms with van der Waals surface area (Å²) in [6, 6.07) is 20.1. The zero-order chi connectivity index (χ0) is 24.3. The maximum Gasteiger partial charge on any atom is 0.264 e. The number of anilines is 1. The minimum Gasteiger partial charge on any atom is -0.491 e. The largest absolute Gasteiger partial charge is 0.491 e. The zero-order valence-corrected chi connectivity index (χ0v) is 20.3. The van der Waals surface area contributed by atoms with Gasteiger partial charge in [-0.15, -0.1) is 0 Å². The third kappa shape index (κ3) is 5.29. The molecule has 0 fully saturated rings. The third-order valence-electron chi connectivity index (χ3n) is 5.19. The molecule has 0 aliphatic carbocycles. The van der Waals surface area contributed by atoms with Gasteiger partial charge in [-0.2, -0.15) is 0 Å². The predicted molar refractivity (Wildman–Crippen MR) is 131 cm³/mol. The van der Waals surface area contributed by atoms with Crippen molar-refractivity contribution in [2.24, 2.45) is 0 Å². The van der Waals surface area contributed by atoms with E-state index in [4.69, 9.17) is 21.1 Å². The third-order valence-corrected chi connectivity index (χ3v) is 7.24. The predicted octanol–water partition coefficient (Wildman–Crippen LogP) is 4.40. The minimum atomic E-state index is -3.94. The lowest BCUT2D eigenvalue weighted by atomic mass is 10.2. The fourth-order valence-corrected chi connectivity index (χ4v) is 5.16. The second kappa shape index (κ2) is 9.95. The zero-order valence-electron chi connectivity index (χ0n) is 18.8. The van der Waals surface area contributed by atoms with Gasteiger partial charge >= 0.3 is 0 Å². The van der Waals surface area contributed by atoms with Gasteiger partial charge in [0.1, 0.15) is 11.5 Å². The van der Waals surface area contributed by atoms with Crippen LogP contribution in [0.4, 0.5) is 5.69 Å². The molecule has 1 N–H and O–H groups in total. The SMILES string of the molecule is CC(C)Oc1ccc(CNC(=O)C2CN(S(=O)(=O)c3ccc(Cl)cc3)c3ccccc3O2)cc1. The van der Waals surface area contributed by atoms with E-state index in [2.05, 4.69) is 5.32 Å². The molecule has 1 unspecified atom stereocenters. The first-order chi connectivity index (χ1) is 16.2. The number of para-hydroxylation sites is 2. The lowest BCUT2D eigenvalue weighted by Crippen LogP contribution is -2.50. The van der Waals surface area contributed by atoms with E-state index in [-0.39, 0.29) is 24.1 Å². The van der Waals surface area contributed by atoms with Crippen molar-refractivity contribution in [3.63, 3.8) is 0 Å². The van der Waals surface area contributed by atoms with Crippen LogP contribution in [0.25, 0.3) is 0 Å². The van der Waals surface area contributed by atoms with Crippen LogP contribution in [0, 0.1) is 0 Å². The smallest absolute Gasteiger partial charge is 0.264 e. The number of ether oxygens (including phenoxy) is 2. The fraction of sp³-hybridized carbons (Fsp3) is 0.240. The maximum atomic E-state index is 13.4. The highest BCUT2D eigenvalue weighted by molar-refractivity contribution is 7.92. The molecule has 0 radical (unpaired) electrons. The van der Waals surface area contributed by atoms with E-state index in [0.717, 1.165) is 11.3 Å². The van der Waals surface area contributed by atoms with Crippen LogP contribution in [-0.2, 0) is 21.4 Å². The first-order valence-corrected chi connectivity index (χ1v) is 12.6. The normalized spacial score (nSPS) is 15.4. The average Bonchev–Trinajstić information content (AvgIpc) is 2.82. The first kappa shape index (κ1) is 23.9. The molecular formula is C25H25ClN2O5S. The van der Waals surface area contributed by atoms with Crippen molar-refractivity contribution in [2.75, 3.05) is 10.8 Å². The molecule has 0 saturated heterocycles. The van der Waals surface area contributed by atoms with Gasteiger partial charge in [0.15, 0.2) is 6.10 Å². The number of nitrogens with zero attached hydrogens (tertiary/aromatic N) is 1. The molecule has 7 nitrogen and oxygen atoms in total. The molecule has 4 rings (SSSR count). The van der Waals surface area contributed by atoms with Crippen molar-refractivity contribution in [3.8, 4) is 11.5 Å². The number of halogens is 1. The van der Waals surface area contributed by atoms with Crippen molar-refractivity contribution >= 4 is 33.2 Å². The summed E-state index contributed by atoms with van der Waals surface area (Å²) in [4.78, 5) is 13.0. The summed E-state index contributed by atoms with van der Waals surface area (Å²) < 4.78 is 39.5. The highest BCUT2D eigenvalue weighted by atomic mass is 35.5.